The van der Waals surface area contributed by atoms with Gasteiger partial charge in [-0.15, -0.1) is 23.2 Å². The van der Waals surface area contributed by atoms with Crippen LogP contribution in [-0.2, 0) is 6.42 Å². The number of β-amino-alcohol motifs (C(OH)–C–C–N with tert-alkyl or cyclic N) is 1. The summed E-state index contributed by atoms with van der Waals surface area (Å²) < 4.78 is 23.0. The molecule has 1 amide bonds. The lowest BCUT2D eigenvalue weighted by molar-refractivity contribution is 0.0821. The Morgan fingerprint density at radius 3 is 2.49 bits per heavy atom. The molecule has 1 heterocycles. The van der Waals surface area contributed by atoms with Crippen LogP contribution in [0.4, 0.5) is 11.4 Å². The fourth-order valence-corrected chi connectivity index (χ4v) is 6.99. The third kappa shape index (κ3) is 8.49. The summed E-state index contributed by atoms with van der Waals surface area (Å²) >= 11 is 0. The van der Waals surface area contributed by atoms with Crippen LogP contribution in [-0.4, -0.2) is 63.2 Å². The zero-order valence-electron chi connectivity index (χ0n) is 23.1. The molecular weight excluding hydrogens is 536 g/mol. The van der Waals surface area contributed by atoms with E-state index in [4.69, 9.17) is 0 Å². The van der Waals surface area contributed by atoms with Crippen LogP contribution in [0.1, 0.15) is 68.3 Å². The molecule has 0 bridgehead atoms. The van der Waals surface area contributed by atoms with E-state index in [1.165, 1.54) is 0 Å². The molecule has 2 fully saturated rings. The predicted molar refractivity (Wildman–Crippen MR) is 164 cm³/mol. The first-order chi connectivity index (χ1) is 18.2. The molecule has 8 nitrogen and oxygen atoms in total. The summed E-state index contributed by atoms with van der Waals surface area (Å²) in [7, 11) is -2.92. The van der Waals surface area contributed by atoms with E-state index in [9.17, 15) is 19.0 Å². The number of aliphatic hydroxyl groups is 1. The molecule has 6 N–H and O–H groups in total. The second-order valence-corrected chi connectivity index (χ2v) is 12.8. The highest BCUT2D eigenvalue weighted by molar-refractivity contribution is 8.25. The number of rotatable bonds is 13. The highest BCUT2D eigenvalue weighted by atomic mass is 35.5. The molecular formula is C29H45ClN4O4S. The molecule has 1 saturated carbocycles. The molecule has 4 rings (SSSR count). The van der Waals surface area contributed by atoms with E-state index in [2.05, 4.69) is 22.9 Å². The maximum absolute atomic E-state index is 13.6. The third-order valence-electron chi connectivity index (χ3n) is 7.58. The third-order valence-corrected chi connectivity index (χ3v) is 9.51. The van der Waals surface area contributed by atoms with Crippen LogP contribution in [0.5, 0.6) is 0 Å². The van der Waals surface area contributed by atoms with Crippen LogP contribution in [0.3, 0.4) is 0 Å². The minimum Gasteiger partial charge on any atom is -0.390 e. The molecule has 1 aliphatic heterocycles. The molecule has 39 heavy (non-hydrogen) atoms. The summed E-state index contributed by atoms with van der Waals surface area (Å²) in [5, 5.41) is 21.2. The number of carbonyl (C=O) groups excluding carboxylic acids is 1. The number of benzene rings is 2. The SMILES string of the molecule is CCCC1(NC[C@H](O)[C@H](Cc2ccccc2)NC(=O)c2cc(NCC)cc(N3CCCCS3(O)O)c2)CC1.Cl. The summed E-state index contributed by atoms with van der Waals surface area (Å²) in [6.07, 6.45) is 5.80. The quantitative estimate of drug-likeness (QED) is 0.187. The number of halogens is 1. The molecule has 0 spiro atoms. The second-order valence-electron chi connectivity index (χ2n) is 10.7. The van der Waals surface area contributed by atoms with Gasteiger partial charge in [-0.05, 0) is 69.2 Å². The standard InChI is InChI=1S/C29H44N4O4S.ClH/c1-3-12-29(13-14-29)31-21-27(34)26(17-22-10-6-5-7-11-22)32-28(35)23-18-24(30-4-2)20-25(19-23)33-15-8-9-16-38(33,36)37;/h5-7,10-11,18-20,26-27,30-31,34,36-37H,3-4,8-9,12-17,21H2,1-2H3,(H,32,35);1H/t26-,27-;/m0./s1. The molecule has 0 radical (unpaired) electrons. The van der Waals surface area contributed by atoms with E-state index < -0.39 is 22.9 Å². The summed E-state index contributed by atoms with van der Waals surface area (Å²) in [5.41, 5.74) is 2.94. The van der Waals surface area contributed by atoms with Gasteiger partial charge < -0.3 is 21.1 Å². The number of nitrogens with zero attached hydrogens (tertiary/aromatic N) is 1. The molecule has 218 valence electrons. The Morgan fingerprint density at radius 2 is 1.85 bits per heavy atom. The highest BCUT2D eigenvalue weighted by Gasteiger charge is 2.41. The molecule has 2 aliphatic rings. The van der Waals surface area contributed by atoms with Gasteiger partial charge in [0.1, 0.15) is 0 Å². The first-order valence-corrected chi connectivity index (χ1v) is 15.6. The lowest BCUT2D eigenvalue weighted by Crippen LogP contribution is -2.50. The molecule has 2 aromatic rings. The lowest BCUT2D eigenvalue weighted by Gasteiger charge is -2.47. The summed E-state index contributed by atoms with van der Waals surface area (Å²) in [6, 6.07) is 14.8. The lowest BCUT2D eigenvalue weighted by atomic mass is 9.99. The van der Waals surface area contributed by atoms with Crippen LogP contribution >= 0.6 is 23.2 Å². The van der Waals surface area contributed by atoms with Crippen molar-refractivity contribution in [3.8, 4) is 0 Å². The maximum Gasteiger partial charge on any atom is 0.251 e. The van der Waals surface area contributed by atoms with Crippen LogP contribution in [0.25, 0.3) is 0 Å². The van der Waals surface area contributed by atoms with E-state index in [1.807, 2.05) is 43.3 Å². The van der Waals surface area contributed by atoms with Gasteiger partial charge >= 0.3 is 0 Å². The number of amides is 1. The van der Waals surface area contributed by atoms with Crippen LogP contribution in [0, 0.1) is 0 Å². The van der Waals surface area contributed by atoms with E-state index >= 15 is 0 Å². The fraction of sp³-hybridized carbons (Fsp3) is 0.552. The molecule has 0 unspecified atom stereocenters. The Morgan fingerprint density at radius 1 is 1.10 bits per heavy atom. The number of carbonyl (C=O) groups is 1. The van der Waals surface area contributed by atoms with Gasteiger partial charge in [-0.3, -0.25) is 18.2 Å². The van der Waals surface area contributed by atoms with Gasteiger partial charge in [0.25, 0.3) is 5.91 Å². The summed E-state index contributed by atoms with van der Waals surface area (Å²) in [6.45, 7) is 5.76. The largest absolute Gasteiger partial charge is 0.390 e. The number of hydrogen-bond donors (Lipinski definition) is 6. The zero-order valence-corrected chi connectivity index (χ0v) is 24.7. The van der Waals surface area contributed by atoms with Gasteiger partial charge in [0, 0.05) is 36.4 Å². The Kier molecular flexibility index (Phi) is 11.4. The maximum atomic E-state index is 13.6. The van der Waals surface area contributed by atoms with Crippen molar-refractivity contribution in [2.75, 3.05) is 35.0 Å². The van der Waals surface area contributed by atoms with Crippen molar-refractivity contribution < 1.29 is 19.0 Å². The van der Waals surface area contributed by atoms with Crippen molar-refractivity contribution in [2.24, 2.45) is 0 Å². The van der Waals surface area contributed by atoms with Gasteiger partial charge in [0.2, 0.25) is 0 Å². The zero-order chi connectivity index (χ0) is 27.2. The van der Waals surface area contributed by atoms with Crippen LogP contribution in [0.15, 0.2) is 48.5 Å². The molecule has 1 saturated heterocycles. The van der Waals surface area contributed by atoms with Gasteiger partial charge in [-0.25, -0.2) is 0 Å². The Balaban J connectivity index is 0.00000420. The smallest absolute Gasteiger partial charge is 0.251 e. The molecule has 0 aromatic heterocycles. The van der Waals surface area contributed by atoms with E-state index in [0.29, 0.717) is 43.1 Å². The first-order valence-electron chi connectivity index (χ1n) is 14.0. The fourth-order valence-electron chi connectivity index (χ4n) is 5.31. The summed E-state index contributed by atoms with van der Waals surface area (Å²) in [4.78, 5) is 13.6. The monoisotopic (exact) mass is 580 g/mol. The Labute approximate surface area is 240 Å². The average molecular weight is 581 g/mol. The van der Waals surface area contributed by atoms with Crippen molar-refractivity contribution in [1.29, 1.82) is 0 Å². The van der Waals surface area contributed by atoms with Crippen molar-refractivity contribution >= 4 is 40.5 Å². The van der Waals surface area contributed by atoms with E-state index in [1.54, 1.807) is 16.4 Å². The predicted octanol–water partition coefficient (Wildman–Crippen LogP) is 5.43. The van der Waals surface area contributed by atoms with Crippen molar-refractivity contribution in [3.05, 3.63) is 59.7 Å². The molecule has 10 heteroatoms. The van der Waals surface area contributed by atoms with Crippen LogP contribution in [0.2, 0.25) is 0 Å². The number of hydrogen-bond acceptors (Lipinski definition) is 7. The normalized spacial score (nSPS) is 19.8. The van der Waals surface area contributed by atoms with Crippen molar-refractivity contribution in [1.82, 2.24) is 10.6 Å². The average Bonchev–Trinajstić information content (AvgIpc) is 3.67. The topological polar surface area (TPSA) is 117 Å². The van der Waals surface area contributed by atoms with Crippen LogP contribution < -0.4 is 20.3 Å². The minimum atomic E-state index is -2.92. The Hall–Kier alpha value is -2.01. The van der Waals surface area contributed by atoms with Gasteiger partial charge in [0.15, 0.2) is 0 Å². The first kappa shape index (κ1) is 31.5. The van der Waals surface area contributed by atoms with Crippen molar-refractivity contribution in [2.45, 2.75) is 76.5 Å². The Bertz CT molecular complexity index is 1070. The van der Waals surface area contributed by atoms with Gasteiger partial charge in [-0.1, -0.05) is 43.7 Å². The minimum absolute atomic E-state index is 0. The van der Waals surface area contributed by atoms with Crippen molar-refractivity contribution in [3.63, 3.8) is 0 Å². The number of anilines is 2. The highest BCUT2D eigenvalue weighted by Crippen LogP contribution is 2.50. The number of nitrogens with one attached hydrogen (secondary N) is 3. The van der Waals surface area contributed by atoms with Gasteiger partial charge in [-0.2, -0.15) is 0 Å². The van der Waals surface area contributed by atoms with Gasteiger partial charge in [0.05, 0.1) is 23.6 Å². The number of aliphatic hydroxyl groups excluding tert-OH is 1. The molecule has 2 aromatic carbocycles. The second kappa shape index (κ2) is 14.1. The van der Waals surface area contributed by atoms with E-state index in [0.717, 1.165) is 49.8 Å². The molecule has 2 atom stereocenters. The summed E-state index contributed by atoms with van der Waals surface area (Å²) in [5.74, 6) is 0.0341. The molecule has 1 aliphatic carbocycles. The van der Waals surface area contributed by atoms with E-state index in [-0.39, 0.29) is 23.9 Å².